The SMILES string of the molecule is CC(C)C1OC(=O)/C=C/C=C/C=C/C=C/C=C/CC(O)CC(O)CC(O)CC(O)CC(O)CC(O)CC(O)CC(O)/C=C/C1C. The van der Waals surface area contributed by atoms with Gasteiger partial charge in [-0.15, -0.1) is 0 Å². The molecule has 10 unspecified atom stereocenters. The fraction of sp³-hybridized carbons (Fsp3) is 0.629. The zero-order chi connectivity index (χ0) is 33.8. The molecule has 10 atom stereocenters. The van der Waals surface area contributed by atoms with Gasteiger partial charge in [0.15, 0.2) is 0 Å². The molecule has 45 heavy (non-hydrogen) atoms. The van der Waals surface area contributed by atoms with Crippen LogP contribution in [0.5, 0.6) is 0 Å². The lowest BCUT2D eigenvalue weighted by Crippen LogP contribution is -2.30. The number of esters is 1. The van der Waals surface area contributed by atoms with Gasteiger partial charge >= 0.3 is 5.97 Å². The number of carbonyl (C=O) groups excluding carboxylic acids is 1. The first-order valence-electron chi connectivity index (χ1n) is 15.9. The number of rotatable bonds is 1. The van der Waals surface area contributed by atoms with E-state index in [9.17, 15) is 45.6 Å². The summed E-state index contributed by atoms with van der Waals surface area (Å²) in [7, 11) is 0. The van der Waals surface area contributed by atoms with Crippen molar-refractivity contribution in [3.63, 3.8) is 0 Å². The van der Waals surface area contributed by atoms with Crippen molar-refractivity contribution in [1.29, 1.82) is 0 Å². The highest BCUT2D eigenvalue weighted by atomic mass is 16.5. The third kappa shape index (κ3) is 20.4. The monoisotopic (exact) mass is 636 g/mol. The van der Waals surface area contributed by atoms with Crippen LogP contribution < -0.4 is 0 Å². The molecule has 0 saturated heterocycles. The highest BCUT2D eigenvalue weighted by Crippen LogP contribution is 2.20. The molecule has 1 aliphatic heterocycles. The Hall–Kier alpha value is -2.41. The highest BCUT2D eigenvalue weighted by molar-refractivity contribution is 5.82. The third-order valence-corrected chi connectivity index (χ3v) is 7.40. The van der Waals surface area contributed by atoms with Crippen LogP contribution in [0.4, 0.5) is 0 Å². The fourth-order valence-corrected chi connectivity index (χ4v) is 5.19. The van der Waals surface area contributed by atoms with Gasteiger partial charge < -0.3 is 45.6 Å². The highest BCUT2D eigenvalue weighted by Gasteiger charge is 2.25. The van der Waals surface area contributed by atoms with Crippen LogP contribution in [0.1, 0.15) is 72.1 Å². The van der Waals surface area contributed by atoms with E-state index >= 15 is 0 Å². The molecule has 0 amide bonds. The van der Waals surface area contributed by atoms with Gasteiger partial charge in [-0.1, -0.05) is 87.6 Å². The number of allylic oxidation sites excluding steroid dienone is 8. The van der Waals surface area contributed by atoms with Crippen molar-refractivity contribution in [3.8, 4) is 0 Å². The number of hydrogen-bond donors (Lipinski definition) is 8. The minimum Gasteiger partial charge on any atom is -0.458 e. The van der Waals surface area contributed by atoms with Crippen LogP contribution >= 0.6 is 0 Å². The summed E-state index contributed by atoms with van der Waals surface area (Å²) in [6, 6.07) is 0. The Labute approximate surface area is 268 Å². The summed E-state index contributed by atoms with van der Waals surface area (Å²) in [5, 5.41) is 82.4. The average Bonchev–Trinajstić information content (AvgIpc) is 2.91. The van der Waals surface area contributed by atoms with Crippen molar-refractivity contribution in [2.45, 2.75) is 127 Å². The fourth-order valence-electron chi connectivity index (χ4n) is 5.19. The first kappa shape index (κ1) is 40.6. The summed E-state index contributed by atoms with van der Waals surface area (Å²) in [6.45, 7) is 5.72. The third-order valence-electron chi connectivity index (χ3n) is 7.40. The van der Waals surface area contributed by atoms with Crippen LogP contribution in [-0.4, -0.2) is 102 Å². The number of cyclic esters (lactones) is 1. The van der Waals surface area contributed by atoms with E-state index in [0.29, 0.717) is 6.42 Å². The predicted octanol–water partition coefficient (Wildman–Crippen LogP) is 2.55. The molecule has 256 valence electrons. The minimum atomic E-state index is -1.10. The smallest absolute Gasteiger partial charge is 0.331 e. The topological polar surface area (TPSA) is 188 Å². The second kappa shape index (κ2) is 23.0. The van der Waals surface area contributed by atoms with Crippen molar-refractivity contribution in [2.24, 2.45) is 11.8 Å². The molecule has 0 fully saturated rings. The Morgan fingerprint density at radius 1 is 0.578 bits per heavy atom. The maximum atomic E-state index is 12.4. The van der Waals surface area contributed by atoms with Crippen LogP contribution in [0.15, 0.2) is 72.9 Å². The van der Waals surface area contributed by atoms with Crippen LogP contribution in [-0.2, 0) is 9.53 Å². The molecule has 0 aliphatic carbocycles. The minimum absolute atomic E-state index is 0.00472. The summed E-state index contributed by atoms with van der Waals surface area (Å²) in [6.07, 6.45) is 11.4. The van der Waals surface area contributed by atoms with Crippen molar-refractivity contribution in [2.75, 3.05) is 0 Å². The van der Waals surface area contributed by atoms with Crippen molar-refractivity contribution < 1.29 is 50.4 Å². The number of ether oxygens (including phenoxy) is 1. The van der Waals surface area contributed by atoms with Crippen molar-refractivity contribution in [1.82, 2.24) is 0 Å². The molecule has 1 rings (SSSR count). The van der Waals surface area contributed by atoms with E-state index in [4.69, 9.17) is 4.74 Å². The number of carbonyl (C=O) groups is 1. The standard InChI is InChI=1S/C35H56O10/c1-24(2)35-25(3)15-16-27(37)18-29(39)20-31(41)22-33(43)23-32(42)21-30(40)19-28(38)17-26(36)13-11-9-7-5-4-6-8-10-12-14-34(44)45-35/h4-12,14-16,24-33,35-43H,13,17-23H2,1-3H3/b6-4+,7-5+,10-8+,11-9+,14-12+,16-15+. The Balaban J connectivity index is 2.93. The van der Waals surface area contributed by atoms with E-state index in [1.807, 2.05) is 20.8 Å². The van der Waals surface area contributed by atoms with Crippen molar-refractivity contribution >= 4 is 5.97 Å². The molecule has 0 radical (unpaired) electrons. The zero-order valence-corrected chi connectivity index (χ0v) is 26.8. The van der Waals surface area contributed by atoms with Crippen LogP contribution in [0.2, 0.25) is 0 Å². The molecule has 0 bridgehead atoms. The Morgan fingerprint density at radius 2 is 0.978 bits per heavy atom. The van der Waals surface area contributed by atoms with Crippen LogP contribution in [0.25, 0.3) is 0 Å². The van der Waals surface area contributed by atoms with E-state index in [-0.39, 0.29) is 56.8 Å². The Bertz CT molecular complexity index is 985. The first-order valence-corrected chi connectivity index (χ1v) is 15.9. The van der Waals surface area contributed by atoms with Gasteiger partial charge in [0.05, 0.1) is 48.8 Å². The lowest BCUT2D eigenvalue weighted by atomic mass is 9.93. The molecule has 0 saturated carbocycles. The van der Waals surface area contributed by atoms with E-state index < -0.39 is 60.9 Å². The van der Waals surface area contributed by atoms with Gasteiger partial charge in [-0.2, -0.15) is 0 Å². The molecular formula is C35H56O10. The van der Waals surface area contributed by atoms with E-state index in [2.05, 4.69) is 0 Å². The molecule has 0 aromatic heterocycles. The molecule has 10 nitrogen and oxygen atoms in total. The van der Waals surface area contributed by atoms with E-state index in [1.54, 1.807) is 60.8 Å². The molecule has 0 aromatic carbocycles. The van der Waals surface area contributed by atoms with E-state index in [0.717, 1.165) is 0 Å². The second-order valence-corrected chi connectivity index (χ2v) is 12.4. The van der Waals surface area contributed by atoms with Gasteiger partial charge in [-0.05, 0) is 50.9 Å². The average molecular weight is 637 g/mol. The summed E-state index contributed by atoms with van der Waals surface area (Å²) >= 11 is 0. The molecule has 0 spiro atoms. The van der Waals surface area contributed by atoms with Gasteiger partial charge in [0, 0.05) is 18.4 Å². The Morgan fingerprint density at radius 3 is 1.44 bits per heavy atom. The van der Waals surface area contributed by atoms with Gasteiger partial charge in [-0.25, -0.2) is 4.79 Å². The molecule has 1 heterocycles. The summed E-state index contributed by atoms with van der Waals surface area (Å²) in [4.78, 5) is 12.4. The molecule has 1 aliphatic rings. The first-order chi connectivity index (χ1) is 21.3. The summed E-state index contributed by atoms with van der Waals surface area (Å²) in [5.41, 5.74) is 0. The second-order valence-electron chi connectivity index (χ2n) is 12.4. The normalized spacial score (nSPS) is 39.3. The maximum absolute atomic E-state index is 12.4. The lowest BCUT2D eigenvalue weighted by Gasteiger charge is -2.25. The van der Waals surface area contributed by atoms with Crippen molar-refractivity contribution in [3.05, 3.63) is 72.9 Å². The summed E-state index contributed by atoms with van der Waals surface area (Å²) < 4.78 is 5.64. The quantitative estimate of drug-likeness (QED) is 0.157. The number of hydrogen-bond acceptors (Lipinski definition) is 10. The lowest BCUT2D eigenvalue weighted by molar-refractivity contribution is -0.147. The molecular weight excluding hydrogens is 580 g/mol. The zero-order valence-electron chi connectivity index (χ0n) is 26.8. The van der Waals surface area contributed by atoms with Gasteiger partial charge in [0.25, 0.3) is 0 Å². The van der Waals surface area contributed by atoms with Gasteiger partial charge in [0.1, 0.15) is 6.10 Å². The number of aliphatic hydroxyl groups excluding tert-OH is 8. The maximum Gasteiger partial charge on any atom is 0.331 e. The molecule has 10 heteroatoms. The molecule has 8 N–H and O–H groups in total. The predicted molar refractivity (Wildman–Crippen MR) is 174 cm³/mol. The van der Waals surface area contributed by atoms with E-state index in [1.165, 1.54) is 12.2 Å². The van der Waals surface area contributed by atoms with Crippen LogP contribution in [0, 0.1) is 11.8 Å². The Kier molecular flexibility index (Phi) is 20.8. The molecule has 0 aromatic rings. The number of aliphatic hydroxyl groups is 8. The van der Waals surface area contributed by atoms with Gasteiger partial charge in [0.2, 0.25) is 0 Å². The van der Waals surface area contributed by atoms with Crippen LogP contribution in [0.3, 0.4) is 0 Å². The summed E-state index contributed by atoms with van der Waals surface area (Å²) in [5.74, 6) is -0.714. The van der Waals surface area contributed by atoms with Gasteiger partial charge in [-0.3, -0.25) is 0 Å². The largest absolute Gasteiger partial charge is 0.458 e.